The zero-order valence-corrected chi connectivity index (χ0v) is 35.2. The van der Waals surface area contributed by atoms with E-state index in [1.54, 1.807) is 0 Å². The van der Waals surface area contributed by atoms with Gasteiger partial charge >= 0.3 is 0 Å². The predicted octanol–water partition coefficient (Wildman–Crippen LogP) is 17.2. The van der Waals surface area contributed by atoms with Crippen molar-refractivity contribution in [3.05, 3.63) is 236 Å². The van der Waals surface area contributed by atoms with E-state index in [-0.39, 0.29) is 5.41 Å². The van der Waals surface area contributed by atoms with E-state index >= 15 is 0 Å². The van der Waals surface area contributed by atoms with Gasteiger partial charge in [0.05, 0.1) is 0 Å². The van der Waals surface area contributed by atoms with E-state index in [4.69, 9.17) is 4.42 Å². The summed E-state index contributed by atoms with van der Waals surface area (Å²) in [4.78, 5) is 2.42. The van der Waals surface area contributed by atoms with Gasteiger partial charge in [-0.3, -0.25) is 0 Å². The van der Waals surface area contributed by atoms with Crippen LogP contribution in [0.15, 0.2) is 229 Å². The minimum atomic E-state index is -0.155. The second-order valence-electron chi connectivity index (χ2n) is 17.3. The van der Waals surface area contributed by atoms with Crippen molar-refractivity contribution in [2.24, 2.45) is 0 Å². The van der Waals surface area contributed by atoms with Crippen molar-refractivity contribution in [3.63, 3.8) is 0 Å². The molecule has 1 aliphatic rings. The first-order valence-corrected chi connectivity index (χ1v) is 21.8. The van der Waals surface area contributed by atoms with Gasteiger partial charge in [-0.15, -0.1) is 0 Å². The quantitative estimate of drug-likeness (QED) is 0.160. The summed E-state index contributed by atoms with van der Waals surface area (Å²) in [5.41, 5.74) is 19.6. The molecule has 0 bridgehead atoms. The van der Waals surface area contributed by atoms with Gasteiger partial charge in [0.1, 0.15) is 11.2 Å². The van der Waals surface area contributed by atoms with Crippen molar-refractivity contribution >= 4 is 49.8 Å². The van der Waals surface area contributed by atoms with Crippen molar-refractivity contribution in [2.45, 2.75) is 19.3 Å². The van der Waals surface area contributed by atoms with E-state index in [2.05, 4.69) is 243 Å². The van der Waals surface area contributed by atoms with Gasteiger partial charge in [-0.1, -0.05) is 184 Å². The summed E-state index contributed by atoms with van der Waals surface area (Å²) in [6.07, 6.45) is 0. The van der Waals surface area contributed by atoms with Gasteiger partial charge in [0.2, 0.25) is 0 Å². The van der Waals surface area contributed by atoms with Gasteiger partial charge in [-0.2, -0.15) is 0 Å². The molecule has 0 saturated carbocycles. The maximum absolute atomic E-state index is 7.00. The topological polar surface area (TPSA) is 16.4 Å². The lowest BCUT2D eigenvalue weighted by molar-refractivity contribution is 0.660. The lowest BCUT2D eigenvalue weighted by atomic mass is 9.82. The number of benzene rings is 10. The van der Waals surface area contributed by atoms with Crippen LogP contribution in [0.3, 0.4) is 0 Å². The van der Waals surface area contributed by atoms with Gasteiger partial charge in [-0.25, -0.2) is 0 Å². The SMILES string of the molecule is CC1(C)c2ccccc2-c2ccc(N(c3cc(-c4ccccc4)cc(-c4ccccc4)c3)c3ccc4c(c3)oc3c5ccccc5c(-c5ccc(-c6ccccc6)cc5)cc43)cc21. The molecule has 1 heterocycles. The van der Waals surface area contributed by atoms with Gasteiger partial charge in [0.25, 0.3) is 0 Å². The molecular weight excluding hydrogens is 763 g/mol. The molecule has 2 heteroatoms. The van der Waals surface area contributed by atoms with E-state index < -0.39 is 0 Å². The van der Waals surface area contributed by atoms with E-state index in [1.807, 2.05) is 0 Å². The maximum Gasteiger partial charge on any atom is 0.143 e. The molecule has 0 spiro atoms. The number of fused-ring (bicyclic) bond motifs is 8. The summed E-state index contributed by atoms with van der Waals surface area (Å²) in [6, 6.07) is 81.6. The Labute approximate surface area is 368 Å². The first-order chi connectivity index (χ1) is 31.0. The van der Waals surface area contributed by atoms with E-state index in [9.17, 15) is 0 Å². The minimum Gasteiger partial charge on any atom is -0.455 e. The highest BCUT2D eigenvalue weighted by molar-refractivity contribution is 6.19. The van der Waals surface area contributed by atoms with Gasteiger partial charge in [0, 0.05) is 44.7 Å². The maximum atomic E-state index is 7.00. The first-order valence-electron chi connectivity index (χ1n) is 21.8. The predicted molar refractivity (Wildman–Crippen MR) is 265 cm³/mol. The van der Waals surface area contributed by atoms with Crippen LogP contribution in [0.4, 0.5) is 17.1 Å². The van der Waals surface area contributed by atoms with Crippen LogP contribution in [0.25, 0.3) is 88.3 Å². The molecule has 0 amide bonds. The summed E-state index contributed by atoms with van der Waals surface area (Å²) in [7, 11) is 0. The van der Waals surface area contributed by atoms with Crippen LogP contribution in [0.5, 0.6) is 0 Å². The number of furan rings is 1. The third-order valence-electron chi connectivity index (χ3n) is 13.2. The Morgan fingerprint density at radius 2 is 0.841 bits per heavy atom. The summed E-state index contributed by atoms with van der Waals surface area (Å²) in [6.45, 7) is 4.71. The molecule has 298 valence electrons. The molecule has 11 aromatic rings. The van der Waals surface area contributed by atoms with Crippen LogP contribution in [0, 0.1) is 0 Å². The Balaban J connectivity index is 1.06. The number of hydrogen-bond donors (Lipinski definition) is 0. The summed E-state index contributed by atoms with van der Waals surface area (Å²) in [5, 5.41) is 4.48. The average molecular weight is 806 g/mol. The van der Waals surface area contributed by atoms with Crippen molar-refractivity contribution in [2.75, 3.05) is 4.90 Å². The molecule has 0 N–H and O–H groups in total. The lowest BCUT2D eigenvalue weighted by Crippen LogP contribution is -2.16. The van der Waals surface area contributed by atoms with Crippen LogP contribution >= 0.6 is 0 Å². The molecular formula is C61H43NO. The fraction of sp³-hybridized carbons (Fsp3) is 0.0492. The third-order valence-corrected chi connectivity index (χ3v) is 13.2. The Kier molecular flexibility index (Phi) is 8.55. The van der Waals surface area contributed by atoms with Crippen LogP contribution in [0.1, 0.15) is 25.0 Å². The van der Waals surface area contributed by atoms with E-state index in [0.717, 1.165) is 55.5 Å². The van der Waals surface area contributed by atoms with E-state index in [1.165, 1.54) is 61.0 Å². The molecule has 1 aromatic heterocycles. The monoisotopic (exact) mass is 805 g/mol. The molecule has 63 heavy (non-hydrogen) atoms. The first kappa shape index (κ1) is 36.9. The molecule has 12 rings (SSSR count). The summed E-state index contributed by atoms with van der Waals surface area (Å²) < 4.78 is 7.00. The fourth-order valence-electron chi connectivity index (χ4n) is 10.1. The second-order valence-corrected chi connectivity index (χ2v) is 17.3. The molecule has 0 fully saturated rings. The summed E-state index contributed by atoms with van der Waals surface area (Å²) in [5.74, 6) is 0. The molecule has 0 aliphatic heterocycles. The van der Waals surface area contributed by atoms with E-state index in [0.29, 0.717) is 0 Å². The normalized spacial score (nSPS) is 12.7. The Morgan fingerprint density at radius 3 is 1.52 bits per heavy atom. The van der Waals surface area contributed by atoms with Crippen LogP contribution < -0.4 is 4.90 Å². The van der Waals surface area contributed by atoms with Gasteiger partial charge in [0.15, 0.2) is 0 Å². The Bertz CT molecular complexity index is 3450. The second kappa shape index (κ2) is 14.6. The lowest BCUT2D eigenvalue weighted by Gasteiger charge is -2.29. The minimum absolute atomic E-state index is 0.155. The highest BCUT2D eigenvalue weighted by Crippen LogP contribution is 2.51. The summed E-state index contributed by atoms with van der Waals surface area (Å²) >= 11 is 0. The molecule has 1 aliphatic carbocycles. The zero-order valence-electron chi connectivity index (χ0n) is 35.2. The molecule has 0 atom stereocenters. The number of anilines is 3. The third kappa shape index (κ3) is 6.17. The van der Waals surface area contributed by atoms with Gasteiger partial charge < -0.3 is 9.32 Å². The van der Waals surface area contributed by atoms with Crippen molar-refractivity contribution in [1.82, 2.24) is 0 Å². The Morgan fingerprint density at radius 1 is 0.317 bits per heavy atom. The van der Waals surface area contributed by atoms with Crippen LogP contribution in [0.2, 0.25) is 0 Å². The molecule has 0 saturated heterocycles. The van der Waals surface area contributed by atoms with Crippen molar-refractivity contribution < 1.29 is 4.42 Å². The van der Waals surface area contributed by atoms with Crippen LogP contribution in [-0.2, 0) is 5.41 Å². The van der Waals surface area contributed by atoms with Gasteiger partial charge in [-0.05, 0) is 121 Å². The molecule has 10 aromatic carbocycles. The van der Waals surface area contributed by atoms with Crippen LogP contribution in [-0.4, -0.2) is 0 Å². The van der Waals surface area contributed by atoms with Crippen molar-refractivity contribution in [3.8, 4) is 55.6 Å². The average Bonchev–Trinajstić information content (AvgIpc) is 3.83. The largest absolute Gasteiger partial charge is 0.455 e. The molecule has 0 unspecified atom stereocenters. The number of hydrogen-bond acceptors (Lipinski definition) is 2. The highest BCUT2D eigenvalue weighted by Gasteiger charge is 2.36. The van der Waals surface area contributed by atoms with Crippen molar-refractivity contribution in [1.29, 1.82) is 0 Å². The highest BCUT2D eigenvalue weighted by atomic mass is 16.3. The standard InChI is InChI=1S/C61H43NO/c1-61(2)57-25-15-14-23-51(57)52-32-30-47(37-58(52)61)62(49-35-45(41-18-8-4-9-19-41)34-46(36-49)42-20-10-5-11-21-42)48-31-33-53-56-39-55(44-28-26-43(27-29-44)40-16-6-3-7-17-40)50-22-12-13-24-54(50)60(56)63-59(53)38-48/h3-39H,1-2H3. The number of nitrogens with zero attached hydrogens (tertiary/aromatic N) is 1. The molecule has 0 radical (unpaired) electrons. The molecule has 2 nitrogen and oxygen atoms in total. The zero-order chi connectivity index (χ0) is 42.1. The fourth-order valence-corrected chi connectivity index (χ4v) is 10.1. The Hall–Kier alpha value is -7.94. The smallest absolute Gasteiger partial charge is 0.143 e. The number of rotatable bonds is 7.